The molecule has 2 N–H and O–H groups in total. The predicted molar refractivity (Wildman–Crippen MR) is 87.3 cm³/mol. The van der Waals surface area contributed by atoms with E-state index < -0.39 is 0 Å². The van der Waals surface area contributed by atoms with Gasteiger partial charge in [-0.05, 0) is 25.1 Å². The van der Waals surface area contributed by atoms with E-state index in [4.69, 9.17) is 10.5 Å². The van der Waals surface area contributed by atoms with Crippen molar-refractivity contribution in [1.82, 2.24) is 9.88 Å². The van der Waals surface area contributed by atoms with Gasteiger partial charge in [0.15, 0.2) is 0 Å². The fourth-order valence-electron chi connectivity index (χ4n) is 3.01. The SMILES string of the molecule is CCN(C(C)COC)C(CN)c1cccc2cccnc12. The molecule has 0 saturated carbocycles. The first kappa shape index (κ1) is 15.9. The Balaban J connectivity index is 2.42. The highest BCUT2D eigenvalue weighted by molar-refractivity contribution is 5.82. The van der Waals surface area contributed by atoms with Crippen LogP contribution in [0.4, 0.5) is 0 Å². The van der Waals surface area contributed by atoms with E-state index in [0.29, 0.717) is 19.2 Å². The number of para-hydroxylation sites is 1. The highest BCUT2D eigenvalue weighted by Crippen LogP contribution is 2.27. The molecule has 4 nitrogen and oxygen atoms in total. The Kier molecular flexibility index (Phi) is 5.67. The summed E-state index contributed by atoms with van der Waals surface area (Å²) in [5.74, 6) is 0. The molecular weight excluding hydrogens is 262 g/mol. The van der Waals surface area contributed by atoms with Crippen LogP contribution in [-0.2, 0) is 4.74 Å². The second-order valence-electron chi connectivity index (χ2n) is 5.31. The van der Waals surface area contributed by atoms with Crippen molar-refractivity contribution in [2.24, 2.45) is 5.73 Å². The zero-order valence-electron chi connectivity index (χ0n) is 13.1. The summed E-state index contributed by atoms with van der Waals surface area (Å²) in [5.41, 5.74) is 8.33. The van der Waals surface area contributed by atoms with Gasteiger partial charge in [-0.15, -0.1) is 0 Å². The summed E-state index contributed by atoms with van der Waals surface area (Å²) in [4.78, 5) is 6.94. The maximum Gasteiger partial charge on any atom is 0.0750 e. The molecule has 2 aromatic rings. The molecule has 0 radical (unpaired) electrons. The Morgan fingerprint density at radius 3 is 2.71 bits per heavy atom. The van der Waals surface area contributed by atoms with E-state index in [1.54, 1.807) is 7.11 Å². The molecule has 0 aliphatic heterocycles. The van der Waals surface area contributed by atoms with Crippen LogP contribution in [0.25, 0.3) is 10.9 Å². The van der Waals surface area contributed by atoms with Crippen LogP contribution in [0.1, 0.15) is 25.5 Å². The van der Waals surface area contributed by atoms with Gasteiger partial charge in [0, 0.05) is 37.3 Å². The van der Waals surface area contributed by atoms with Crippen molar-refractivity contribution in [2.45, 2.75) is 25.9 Å². The van der Waals surface area contributed by atoms with E-state index in [0.717, 1.165) is 17.4 Å². The van der Waals surface area contributed by atoms with Crippen molar-refractivity contribution < 1.29 is 4.74 Å². The first-order valence-electron chi connectivity index (χ1n) is 7.51. The number of hydrogen-bond donors (Lipinski definition) is 1. The fraction of sp³-hybridized carbons (Fsp3) is 0.471. The molecule has 4 heteroatoms. The first-order valence-corrected chi connectivity index (χ1v) is 7.51. The van der Waals surface area contributed by atoms with Crippen molar-refractivity contribution >= 4 is 10.9 Å². The average Bonchev–Trinajstić information content (AvgIpc) is 2.52. The van der Waals surface area contributed by atoms with E-state index in [1.807, 2.05) is 12.3 Å². The Morgan fingerprint density at radius 2 is 2.05 bits per heavy atom. The Labute approximate surface area is 126 Å². The van der Waals surface area contributed by atoms with E-state index in [-0.39, 0.29) is 6.04 Å². The summed E-state index contributed by atoms with van der Waals surface area (Å²) < 4.78 is 5.31. The molecule has 0 bridgehead atoms. The number of methoxy groups -OCH3 is 1. The zero-order chi connectivity index (χ0) is 15.2. The van der Waals surface area contributed by atoms with Gasteiger partial charge in [-0.1, -0.05) is 31.2 Å². The Morgan fingerprint density at radius 1 is 1.29 bits per heavy atom. The average molecular weight is 287 g/mol. The lowest BCUT2D eigenvalue weighted by Crippen LogP contribution is -2.42. The smallest absolute Gasteiger partial charge is 0.0750 e. The highest BCUT2D eigenvalue weighted by atomic mass is 16.5. The topological polar surface area (TPSA) is 51.4 Å². The monoisotopic (exact) mass is 287 g/mol. The van der Waals surface area contributed by atoms with Crippen LogP contribution in [0.15, 0.2) is 36.5 Å². The van der Waals surface area contributed by atoms with Crippen LogP contribution in [0, 0.1) is 0 Å². The highest BCUT2D eigenvalue weighted by Gasteiger charge is 2.24. The minimum atomic E-state index is 0.152. The van der Waals surface area contributed by atoms with Gasteiger partial charge in [-0.3, -0.25) is 9.88 Å². The molecule has 0 fully saturated rings. The Hall–Kier alpha value is -1.49. The van der Waals surface area contributed by atoms with Gasteiger partial charge in [0.05, 0.1) is 12.1 Å². The molecule has 0 spiro atoms. The van der Waals surface area contributed by atoms with Gasteiger partial charge < -0.3 is 10.5 Å². The van der Waals surface area contributed by atoms with Crippen molar-refractivity contribution in [3.05, 3.63) is 42.1 Å². The second-order valence-corrected chi connectivity index (χ2v) is 5.31. The number of nitrogens with two attached hydrogens (primary N) is 1. The van der Waals surface area contributed by atoms with Crippen LogP contribution < -0.4 is 5.73 Å². The number of pyridine rings is 1. The first-order chi connectivity index (χ1) is 10.2. The van der Waals surface area contributed by atoms with E-state index in [9.17, 15) is 0 Å². The molecule has 114 valence electrons. The third-order valence-corrected chi connectivity index (χ3v) is 3.99. The lowest BCUT2D eigenvalue weighted by atomic mass is 10.00. The minimum absolute atomic E-state index is 0.152. The number of hydrogen-bond acceptors (Lipinski definition) is 4. The number of likely N-dealkylation sites (N-methyl/N-ethyl adjacent to an activating group) is 1. The lowest BCUT2D eigenvalue weighted by molar-refractivity contribution is 0.0755. The molecule has 2 atom stereocenters. The molecule has 1 heterocycles. The molecule has 21 heavy (non-hydrogen) atoms. The van der Waals surface area contributed by atoms with Crippen LogP contribution in [-0.4, -0.2) is 42.7 Å². The largest absolute Gasteiger partial charge is 0.383 e. The zero-order valence-corrected chi connectivity index (χ0v) is 13.1. The minimum Gasteiger partial charge on any atom is -0.383 e. The van der Waals surface area contributed by atoms with Crippen molar-refractivity contribution in [3.63, 3.8) is 0 Å². The standard InChI is InChI=1S/C17H25N3O/c1-4-20(13(2)12-21-3)16(11-18)15-9-5-7-14-8-6-10-19-17(14)15/h5-10,13,16H,4,11-12,18H2,1-3H3. The molecule has 2 unspecified atom stereocenters. The van der Waals surface area contributed by atoms with Crippen LogP contribution >= 0.6 is 0 Å². The van der Waals surface area contributed by atoms with Crippen molar-refractivity contribution in [1.29, 1.82) is 0 Å². The van der Waals surface area contributed by atoms with E-state index in [1.165, 1.54) is 5.56 Å². The second kappa shape index (κ2) is 7.50. The summed E-state index contributed by atoms with van der Waals surface area (Å²) in [6.45, 7) is 6.53. The van der Waals surface area contributed by atoms with Crippen LogP contribution in [0.5, 0.6) is 0 Å². The predicted octanol–water partition coefficient (Wildman–Crippen LogP) is 2.59. The van der Waals surface area contributed by atoms with Gasteiger partial charge >= 0.3 is 0 Å². The molecule has 1 aromatic heterocycles. The van der Waals surface area contributed by atoms with Gasteiger partial charge in [-0.25, -0.2) is 0 Å². The van der Waals surface area contributed by atoms with Crippen LogP contribution in [0.3, 0.4) is 0 Å². The maximum absolute atomic E-state index is 6.10. The summed E-state index contributed by atoms with van der Waals surface area (Å²) >= 11 is 0. The summed E-state index contributed by atoms with van der Waals surface area (Å²) in [7, 11) is 1.74. The van der Waals surface area contributed by atoms with E-state index >= 15 is 0 Å². The van der Waals surface area contributed by atoms with Crippen molar-refractivity contribution in [2.75, 3.05) is 26.8 Å². The Bertz CT molecular complexity index is 567. The summed E-state index contributed by atoms with van der Waals surface area (Å²) in [6.07, 6.45) is 1.84. The lowest BCUT2D eigenvalue weighted by Gasteiger charge is -2.35. The van der Waals surface area contributed by atoms with E-state index in [2.05, 4.69) is 48.0 Å². The molecule has 2 rings (SSSR count). The number of nitrogens with zero attached hydrogens (tertiary/aromatic N) is 2. The molecule has 0 amide bonds. The fourth-order valence-corrected chi connectivity index (χ4v) is 3.01. The number of ether oxygens (including phenoxy) is 1. The number of aromatic nitrogens is 1. The molecular formula is C17H25N3O. The quantitative estimate of drug-likeness (QED) is 0.850. The van der Waals surface area contributed by atoms with Crippen LogP contribution in [0.2, 0.25) is 0 Å². The van der Waals surface area contributed by atoms with Gasteiger partial charge in [0.25, 0.3) is 0 Å². The molecule has 0 aliphatic rings. The molecule has 1 aromatic carbocycles. The third-order valence-electron chi connectivity index (χ3n) is 3.99. The van der Waals surface area contributed by atoms with Gasteiger partial charge in [0.2, 0.25) is 0 Å². The maximum atomic E-state index is 6.10. The summed E-state index contributed by atoms with van der Waals surface area (Å²) in [5, 5.41) is 1.16. The normalized spacial score (nSPS) is 14.5. The number of benzene rings is 1. The van der Waals surface area contributed by atoms with Crippen molar-refractivity contribution in [3.8, 4) is 0 Å². The summed E-state index contributed by atoms with van der Waals surface area (Å²) in [6, 6.07) is 10.8. The number of fused-ring (bicyclic) bond motifs is 1. The van der Waals surface area contributed by atoms with Gasteiger partial charge in [0.1, 0.15) is 0 Å². The molecule has 0 saturated heterocycles. The van der Waals surface area contributed by atoms with Gasteiger partial charge in [-0.2, -0.15) is 0 Å². The molecule has 0 aliphatic carbocycles. The third kappa shape index (κ3) is 3.40. The number of rotatable bonds is 7.